The molecule has 106 valence electrons. The van der Waals surface area contributed by atoms with Crippen LogP contribution < -0.4 is 10.2 Å². The van der Waals surface area contributed by atoms with Crippen LogP contribution in [0, 0.1) is 5.82 Å². The Labute approximate surface area is 115 Å². The molecule has 1 saturated heterocycles. The summed E-state index contributed by atoms with van der Waals surface area (Å²) in [6.07, 6.45) is 2.50. The van der Waals surface area contributed by atoms with Gasteiger partial charge in [-0.1, -0.05) is 0 Å². The van der Waals surface area contributed by atoms with E-state index in [1.54, 1.807) is 12.1 Å². The first-order valence-corrected chi connectivity index (χ1v) is 6.95. The molecule has 1 atom stereocenters. The van der Waals surface area contributed by atoms with Crippen LogP contribution in [0.15, 0.2) is 18.2 Å². The normalized spacial score (nSPS) is 19.9. The van der Waals surface area contributed by atoms with E-state index >= 15 is 0 Å². The van der Waals surface area contributed by atoms with Crippen LogP contribution in [-0.2, 0) is 6.54 Å². The maximum absolute atomic E-state index is 13.6. The highest BCUT2D eigenvalue weighted by Gasteiger charge is 2.22. The van der Waals surface area contributed by atoms with Gasteiger partial charge in [0.1, 0.15) is 5.82 Å². The van der Waals surface area contributed by atoms with E-state index in [2.05, 4.69) is 28.2 Å². The van der Waals surface area contributed by atoms with Crippen LogP contribution in [0.2, 0.25) is 0 Å². The summed E-state index contributed by atoms with van der Waals surface area (Å²) in [4.78, 5) is 4.55. The lowest BCUT2D eigenvalue weighted by molar-refractivity contribution is 0.314. The molecule has 4 heteroatoms. The SMILES string of the molecule is CNCc1cc(F)cc(N(C)CC2CCCN2C)c1. The van der Waals surface area contributed by atoms with E-state index in [1.807, 2.05) is 14.1 Å². The van der Waals surface area contributed by atoms with Crippen LogP contribution in [0.25, 0.3) is 0 Å². The number of anilines is 1. The summed E-state index contributed by atoms with van der Waals surface area (Å²) in [6, 6.07) is 5.86. The number of hydrogen-bond donors (Lipinski definition) is 1. The molecule has 3 nitrogen and oxygen atoms in total. The molecule has 2 rings (SSSR count). The Hall–Kier alpha value is -1.13. The third-order valence-electron chi connectivity index (χ3n) is 3.92. The van der Waals surface area contributed by atoms with Crippen LogP contribution in [-0.4, -0.2) is 45.2 Å². The van der Waals surface area contributed by atoms with Crippen molar-refractivity contribution in [3.05, 3.63) is 29.6 Å². The molecule has 0 aromatic heterocycles. The summed E-state index contributed by atoms with van der Waals surface area (Å²) in [5.41, 5.74) is 1.95. The van der Waals surface area contributed by atoms with Crippen molar-refractivity contribution in [2.24, 2.45) is 0 Å². The second-order valence-electron chi connectivity index (χ2n) is 5.51. The van der Waals surface area contributed by atoms with Crippen molar-refractivity contribution in [2.75, 3.05) is 39.1 Å². The van der Waals surface area contributed by atoms with Gasteiger partial charge >= 0.3 is 0 Å². The molecule has 1 unspecified atom stereocenters. The fourth-order valence-corrected chi connectivity index (χ4v) is 2.79. The van der Waals surface area contributed by atoms with Gasteiger partial charge < -0.3 is 15.1 Å². The largest absolute Gasteiger partial charge is 0.373 e. The zero-order valence-electron chi connectivity index (χ0n) is 12.1. The Morgan fingerprint density at radius 3 is 2.84 bits per heavy atom. The first-order valence-electron chi connectivity index (χ1n) is 6.95. The van der Waals surface area contributed by atoms with Gasteiger partial charge in [-0.25, -0.2) is 4.39 Å². The van der Waals surface area contributed by atoms with E-state index in [0.717, 1.165) is 17.8 Å². The molecule has 1 aromatic carbocycles. The number of nitrogens with zero attached hydrogens (tertiary/aromatic N) is 2. The molecule has 1 aliphatic rings. The van der Waals surface area contributed by atoms with Crippen molar-refractivity contribution in [3.8, 4) is 0 Å². The average molecular weight is 265 g/mol. The molecule has 0 bridgehead atoms. The minimum absolute atomic E-state index is 0.158. The van der Waals surface area contributed by atoms with Gasteiger partial charge in [0.25, 0.3) is 0 Å². The summed E-state index contributed by atoms with van der Waals surface area (Å²) >= 11 is 0. The summed E-state index contributed by atoms with van der Waals surface area (Å²) in [5.74, 6) is -0.158. The standard InChI is InChI=1S/C15H24FN3/c1-17-10-12-7-13(16)9-15(8-12)19(3)11-14-5-4-6-18(14)2/h7-9,14,17H,4-6,10-11H2,1-3H3. The zero-order chi connectivity index (χ0) is 13.8. The Morgan fingerprint density at radius 1 is 1.42 bits per heavy atom. The van der Waals surface area contributed by atoms with Gasteiger partial charge in [0, 0.05) is 31.9 Å². The maximum atomic E-state index is 13.6. The van der Waals surface area contributed by atoms with Crippen molar-refractivity contribution in [1.82, 2.24) is 10.2 Å². The third kappa shape index (κ3) is 3.67. The number of likely N-dealkylation sites (tertiary alicyclic amines) is 1. The number of likely N-dealkylation sites (N-methyl/N-ethyl adjacent to an activating group) is 2. The topological polar surface area (TPSA) is 18.5 Å². The van der Waals surface area contributed by atoms with Crippen LogP contribution in [0.4, 0.5) is 10.1 Å². The van der Waals surface area contributed by atoms with E-state index in [-0.39, 0.29) is 5.82 Å². The van der Waals surface area contributed by atoms with Gasteiger partial charge in [-0.05, 0) is 57.2 Å². The number of nitrogens with one attached hydrogen (secondary N) is 1. The van der Waals surface area contributed by atoms with Gasteiger partial charge in [0.2, 0.25) is 0 Å². The first-order chi connectivity index (χ1) is 9.10. The fourth-order valence-electron chi connectivity index (χ4n) is 2.79. The van der Waals surface area contributed by atoms with E-state index in [9.17, 15) is 4.39 Å². The summed E-state index contributed by atoms with van der Waals surface area (Å²) in [5, 5.41) is 3.06. The Morgan fingerprint density at radius 2 is 2.21 bits per heavy atom. The van der Waals surface area contributed by atoms with Crippen molar-refractivity contribution >= 4 is 5.69 Å². The lowest BCUT2D eigenvalue weighted by Crippen LogP contribution is -2.36. The molecule has 1 N–H and O–H groups in total. The third-order valence-corrected chi connectivity index (χ3v) is 3.92. The molecule has 0 radical (unpaired) electrons. The van der Waals surface area contributed by atoms with Crippen molar-refractivity contribution < 1.29 is 4.39 Å². The molecule has 1 heterocycles. The highest BCUT2D eigenvalue weighted by atomic mass is 19.1. The van der Waals surface area contributed by atoms with Gasteiger partial charge in [0.15, 0.2) is 0 Å². The van der Waals surface area contributed by atoms with Gasteiger partial charge in [-0.15, -0.1) is 0 Å². The molecule has 0 saturated carbocycles. The summed E-state index contributed by atoms with van der Waals surface area (Å²) < 4.78 is 13.6. The molecule has 0 spiro atoms. The second-order valence-corrected chi connectivity index (χ2v) is 5.51. The van der Waals surface area contributed by atoms with Crippen molar-refractivity contribution in [3.63, 3.8) is 0 Å². The van der Waals surface area contributed by atoms with Crippen LogP contribution in [0.1, 0.15) is 18.4 Å². The minimum atomic E-state index is -0.158. The molecule has 0 aliphatic carbocycles. The predicted octanol–water partition coefficient (Wildman–Crippen LogP) is 2.08. The summed E-state index contributed by atoms with van der Waals surface area (Å²) in [7, 11) is 6.09. The number of hydrogen-bond acceptors (Lipinski definition) is 3. The Kier molecular flexibility index (Phi) is 4.77. The predicted molar refractivity (Wildman–Crippen MR) is 78.1 cm³/mol. The molecule has 1 fully saturated rings. The van der Waals surface area contributed by atoms with Gasteiger partial charge in [-0.3, -0.25) is 0 Å². The molecular formula is C15H24FN3. The highest BCUT2D eigenvalue weighted by molar-refractivity contribution is 5.48. The zero-order valence-corrected chi connectivity index (χ0v) is 12.1. The first kappa shape index (κ1) is 14.3. The number of rotatable bonds is 5. The van der Waals surface area contributed by atoms with Crippen molar-refractivity contribution in [2.45, 2.75) is 25.4 Å². The van der Waals surface area contributed by atoms with Crippen LogP contribution >= 0.6 is 0 Å². The average Bonchev–Trinajstić information content (AvgIpc) is 2.75. The van der Waals surface area contributed by atoms with Crippen LogP contribution in [0.5, 0.6) is 0 Å². The number of halogens is 1. The highest BCUT2D eigenvalue weighted by Crippen LogP contribution is 2.21. The van der Waals surface area contributed by atoms with Crippen molar-refractivity contribution in [1.29, 1.82) is 0 Å². The van der Waals surface area contributed by atoms with Crippen LogP contribution in [0.3, 0.4) is 0 Å². The lowest BCUT2D eigenvalue weighted by Gasteiger charge is -2.27. The fraction of sp³-hybridized carbons (Fsp3) is 0.600. The molecule has 0 amide bonds. The quantitative estimate of drug-likeness (QED) is 0.879. The van der Waals surface area contributed by atoms with Gasteiger partial charge in [0.05, 0.1) is 0 Å². The number of benzene rings is 1. The monoisotopic (exact) mass is 265 g/mol. The lowest BCUT2D eigenvalue weighted by atomic mass is 10.1. The molecule has 19 heavy (non-hydrogen) atoms. The Balaban J connectivity index is 2.07. The maximum Gasteiger partial charge on any atom is 0.125 e. The van der Waals surface area contributed by atoms with E-state index in [1.165, 1.54) is 19.4 Å². The molecule has 1 aliphatic heterocycles. The Bertz CT molecular complexity index is 422. The second kappa shape index (κ2) is 6.35. The van der Waals surface area contributed by atoms with Gasteiger partial charge in [-0.2, -0.15) is 0 Å². The molecular weight excluding hydrogens is 241 g/mol. The van der Waals surface area contributed by atoms with E-state index in [0.29, 0.717) is 12.6 Å². The minimum Gasteiger partial charge on any atom is -0.373 e. The van der Waals surface area contributed by atoms with E-state index in [4.69, 9.17) is 0 Å². The smallest absolute Gasteiger partial charge is 0.125 e. The molecule has 1 aromatic rings. The van der Waals surface area contributed by atoms with E-state index < -0.39 is 0 Å². The summed E-state index contributed by atoms with van der Waals surface area (Å²) in [6.45, 7) is 2.83.